The predicted molar refractivity (Wildman–Crippen MR) is 102 cm³/mol. The maximum Gasteiger partial charge on any atom is 0.188 e. The summed E-state index contributed by atoms with van der Waals surface area (Å²) >= 11 is 0. The summed E-state index contributed by atoms with van der Waals surface area (Å²) in [6, 6.07) is 11.3. The second kappa shape index (κ2) is 7.76. The van der Waals surface area contributed by atoms with Crippen molar-refractivity contribution in [2.75, 3.05) is 5.01 Å². The molecule has 3 rings (SSSR count). The van der Waals surface area contributed by atoms with Gasteiger partial charge in [-0.25, -0.2) is 14.9 Å². The van der Waals surface area contributed by atoms with Crippen molar-refractivity contribution in [3.8, 4) is 5.69 Å². The summed E-state index contributed by atoms with van der Waals surface area (Å²) in [5.41, 5.74) is 2.31. The Hall–Kier alpha value is -3.58. The van der Waals surface area contributed by atoms with Crippen molar-refractivity contribution >= 4 is 17.0 Å². The molecule has 0 unspecified atom stereocenters. The van der Waals surface area contributed by atoms with Gasteiger partial charge >= 0.3 is 0 Å². The highest BCUT2D eigenvalue weighted by Crippen LogP contribution is 2.20. The van der Waals surface area contributed by atoms with Crippen LogP contribution in [0.1, 0.15) is 11.4 Å². The lowest BCUT2D eigenvalue weighted by Crippen LogP contribution is -2.24. The van der Waals surface area contributed by atoms with Gasteiger partial charge in [0.25, 0.3) is 0 Å². The molecule has 2 heterocycles. The molecule has 1 aromatic carbocycles. The van der Waals surface area contributed by atoms with Gasteiger partial charge in [0.15, 0.2) is 5.78 Å². The summed E-state index contributed by atoms with van der Waals surface area (Å²) in [5.74, 6) is 5.13. The summed E-state index contributed by atoms with van der Waals surface area (Å²) in [5, 5.41) is 5.41. The van der Waals surface area contributed by atoms with Crippen molar-refractivity contribution in [2.24, 2.45) is 5.84 Å². The summed E-state index contributed by atoms with van der Waals surface area (Å²) in [7, 11) is 0. The van der Waals surface area contributed by atoms with Crippen LogP contribution in [-0.2, 0) is 4.79 Å². The number of carbonyl (C=O) groups is 1. The lowest BCUT2D eigenvalue weighted by Gasteiger charge is -2.13. The minimum absolute atomic E-state index is 0.173. The van der Waals surface area contributed by atoms with Gasteiger partial charge in [0.1, 0.15) is 11.5 Å². The minimum Gasteiger partial charge on any atom is -0.289 e. The van der Waals surface area contributed by atoms with E-state index < -0.39 is 5.82 Å². The molecule has 0 amide bonds. The zero-order valence-corrected chi connectivity index (χ0v) is 14.7. The molecule has 2 aromatic heterocycles. The molecule has 0 bridgehead atoms. The van der Waals surface area contributed by atoms with E-state index in [0.717, 1.165) is 5.69 Å². The van der Waals surface area contributed by atoms with Crippen molar-refractivity contribution in [3.05, 3.63) is 90.9 Å². The Labute approximate surface area is 156 Å². The minimum atomic E-state index is -0.445. The van der Waals surface area contributed by atoms with Crippen LogP contribution in [-0.4, -0.2) is 20.5 Å². The number of nitrogens with zero attached hydrogens (tertiary/aromatic N) is 4. The highest BCUT2D eigenvalue weighted by Gasteiger charge is 2.15. The topological polar surface area (TPSA) is 77.0 Å². The molecule has 7 heteroatoms. The zero-order valence-electron chi connectivity index (χ0n) is 14.7. The normalized spacial score (nSPS) is 10.9. The standard InChI is InChI=1S/C20H18FN5O/c1-14-13-16(7-10-23-14)25(22)12-9-20(27)15(2)18-8-11-24-26(18)19-6-4-3-5-17(19)21/h3-13H,2,22H2,1H3/b12-9-. The van der Waals surface area contributed by atoms with Gasteiger partial charge in [-0.15, -0.1) is 0 Å². The molecule has 136 valence electrons. The molecule has 0 atom stereocenters. The molecule has 0 saturated heterocycles. The number of hydrogen-bond donors (Lipinski definition) is 1. The van der Waals surface area contributed by atoms with Crippen molar-refractivity contribution in [3.63, 3.8) is 0 Å². The Balaban J connectivity index is 1.80. The van der Waals surface area contributed by atoms with Crippen LogP contribution in [0.3, 0.4) is 0 Å². The van der Waals surface area contributed by atoms with Gasteiger partial charge in [-0.05, 0) is 37.3 Å². The van der Waals surface area contributed by atoms with E-state index in [1.807, 2.05) is 6.92 Å². The Morgan fingerprint density at radius 1 is 1.26 bits per heavy atom. The van der Waals surface area contributed by atoms with Crippen molar-refractivity contribution in [2.45, 2.75) is 6.92 Å². The largest absolute Gasteiger partial charge is 0.289 e. The van der Waals surface area contributed by atoms with E-state index in [1.54, 1.807) is 42.6 Å². The maximum absolute atomic E-state index is 14.1. The number of carbonyl (C=O) groups excluding carboxylic acids is 1. The van der Waals surface area contributed by atoms with Crippen LogP contribution in [0.25, 0.3) is 11.3 Å². The number of halogens is 1. The predicted octanol–water partition coefficient (Wildman–Crippen LogP) is 3.19. The van der Waals surface area contributed by atoms with Crippen molar-refractivity contribution in [1.82, 2.24) is 14.8 Å². The van der Waals surface area contributed by atoms with E-state index in [0.29, 0.717) is 11.4 Å². The molecular weight excluding hydrogens is 345 g/mol. The van der Waals surface area contributed by atoms with Gasteiger partial charge in [-0.1, -0.05) is 18.7 Å². The summed E-state index contributed by atoms with van der Waals surface area (Å²) in [4.78, 5) is 16.6. The average Bonchev–Trinajstić information content (AvgIpc) is 3.15. The Bertz CT molecular complexity index is 1020. The quantitative estimate of drug-likeness (QED) is 0.413. The number of hydrazine groups is 1. The van der Waals surface area contributed by atoms with E-state index in [2.05, 4.69) is 16.7 Å². The fraction of sp³-hybridized carbons (Fsp3) is 0.0500. The number of para-hydroxylation sites is 1. The van der Waals surface area contributed by atoms with Crippen LogP contribution in [0, 0.1) is 12.7 Å². The third kappa shape index (κ3) is 3.99. The number of benzene rings is 1. The Morgan fingerprint density at radius 3 is 2.78 bits per heavy atom. The number of aryl methyl sites for hydroxylation is 1. The number of allylic oxidation sites excluding steroid dienone is 2. The monoisotopic (exact) mass is 363 g/mol. The van der Waals surface area contributed by atoms with Crippen LogP contribution in [0.2, 0.25) is 0 Å². The van der Waals surface area contributed by atoms with Crippen molar-refractivity contribution in [1.29, 1.82) is 0 Å². The molecule has 0 spiro atoms. The van der Waals surface area contributed by atoms with Crippen LogP contribution in [0.5, 0.6) is 0 Å². The van der Waals surface area contributed by atoms with Crippen LogP contribution < -0.4 is 10.9 Å². The average molecular weight is 363 g/mol. The SMILES string of the molecule is C=C(C(=O)/C=C\N(N)c1ccnc(C)c1)c1ccnn1-c1ccccc1F. The molecule has 0 saturated carbocycles. The first-order valence-electron chi connectivity index (χ1n) is 8.14. The number of pyridine rings is 1. The first kappa shape index (κ1) is 18.2. The molecule has 6 nitrogen and oxygen atoms in total. The summed E-state index contributed by atoms with van der Waals surface area (Å²) in [6.45, 7) is 5.67. The van der Waals surface area contributed by atoms with E-state index in [-0.39, 0.29) is 17.0 Å². The van der Waals surface area contributed by atoms with E-state index in [4.69, 9.17) is 5.84 Å². The zero-order chi connectivity index (χ0) is 19.4. The van der Waals surface area contributed by atoms with Gasteiger partial charge < -0.3 is 0 Å². The van der Waals surface area contributed by atoms with Gasteiger partial charge in [0.2, 0.25) is 0 Å². The number of hydrogen-bond acceptors (Lipinski definition) is 5. The fourth-order valence-electron chi connectivity index (χ4n) is 2.50. The molecule has 3 aromatic rings. The van der Waals surface area contributed by atoms with E-state index in [1.165, 1.54) is 34.2 Å². The third-order valence-corrected chi connectivity index (χ3v) is 3.89. The van der Waals surface area contributed by atoms with E-state index >= 15 is 0 Å². The highest BCUT2D eigenvalue weighted by molar-refractivity contribution is 6.25. The second-order valence-corrected chi connectivity index (χ2v) is 5.80. The third-order valence-electron chi connectivity index (χ3n) is 3.89. The second-order valence-electron chi connectivity index (χ2n) is 5.80. The van der Waals surface area contributed by atoms with E-state index in [9.17, 15) is 9.18 Å². The first-order valence-corrected chi connectivity index (χ1v) is 8.14. The van der Waals surface area contributed by atoms with Gasteiger partial charge in [0, 0.05) is 29.7 Å². The van der Waals surface area contributed by atoms with Gasteiger partial charge in [-0.3, -0.25) is 14.8 Å². The molecule has 27 heavy (non-hydrogen) atoms. The maximum atomic E-state index is 14.1. The Kier molecular flexibility index (Phi) is 5.23. The van der Waals surface area contributed by atoms with Crippen LogP contribution >= 0.6 is 0 Å². The Morgan fingerprint density at radius 2 is 2.04 bits per heavy atom. The number of anilines is 1. The van der Waals surface area contributed by atoms with Gasteiger partial charge in [0.05, 0.1) is 17.6 Å². The number of nitrogens with two attached hydrogens (primary N) is 1. The molecule has 0 radical (unpaired) electrons. The van der Waals surface area contributed by atoms with Crippen LogP contribution in [0.15, 0.2) is 73.7 Å². The molecular formula is C20H18FN5O. The number of rotatable bonds is 6. The van der Waals surface area contributed by atoms with Crippen LogP contribution in [0.4, 0.5) is 10.1 Å². The summed E-state index contributed by atoms with van der Waals surface area (Å²) in [6.07, 6.45) is 5.86. The molecule has 0 fully saturated rings. The highest BCUT2D eigenvalue weighted by atomic mass is 19.1. The molecule has 2 N–H and O–H groups in total. The molecule has 0 aliphatic heterocycles. The molecule has 0 aliphatic carbocycles. The van der Waals surface area contributed by atoms with Gasteiger partial charge in [-0.2, -0.15) is 5.10 Å². The fourth-order valence-corrected chi connectivity index (χ4v) is 2.50. The first-order chi connectivity index (χ1) is 13.0. The number of ketones is 1. The smallest absolute Gasteiger partial charge is 0.188 e. The summed E-state index contributed by atoms with van der Waals surface area (Å²) < 4.78 is 15.4. The number of aromatic nitrogens is 3. The van der Waals surface area contributed by atoms with Crippen molar-refractivity contribution < 1.29 is 9.18 Å². The molecule has 0 aliphatic rings. The lowest BCUT2D eigenvalue weighted by molar-refractivity contribution is -0.109. The lowest BCUT2D eigenvalue weighted by atomic mass is 10.1.